The Bertz CT molecular complexity index is 462. The van der Waals surface area contributed by atoms with Crippen LogP contribution in [0.3, 0.4) is 0 Å². The summed E-state index contributed by atoms with van der Waals surface area (Å²) in [5.74, 6) is 0.982. The van der Waals surface area contributed by atoms with E-state index in [9.17, 15) is 0 Å². The fourth-order valence-electron chi connectivity index (χ4n) is 1.58. The van der Waals surface area contributed by atoms with E-state index in [1.807, 2.05) is 19.1 Å². The molecule has 2 rings (SSSR count). The van der Waals surface area contributed by atoms with Gasteiger partial charge in [-0.1, -0.05) is 6.07 Å². The molecular weight excluding hydrogens is 198 g/mol. The summed E-state index contributed by atoms with van der Waals surface area (Å²) in [6.07, 6.45) is 0. The van der Waals surface area contributed by atoms with Crippen LogP contribution in [0.15, 0.2) is 22.6 Å². The molecule has 1 aromatic carbocycles. The minimum absolute atomic E-state index is 0.668. The topological polar surface area (TPSA) is 25.2 Å². The van der Waals surface area contributed by atoms with Crippen LogP contribution in [0.4, 0.5) is 0 Å². The molecule has 2 aromatic rings. The van der Waals surface area contributed by atoms with Gasteiger partial charge in [-0.05, 0) is 48.9 Å². The molecule has 0 aliphatic carbocycles. The van der Waals surface area contributed by atoms with Gasteiger partial charge < -0.3 is 4.42 Å². The van der Waals surface area contributed by atoms with Crippen molar-refractivity contribution in [2.75, 3.05) is 0 Å². The van der Waals surface area contributed by atoms with Crippen LogP contribution in [0.5, 0.6) is 0 Å². The fourth-order valence-corrected chi connectivity index (χ4v) is 1.73. The number of aryl methyl sites for hydroxylation is 2. The summed E-state index contributed by atoms with van der Waals surface area (Å²) >= 11 is 5.46. The smallest absolute Gasteiger partial charge is 0.134 e. The van der Waals surface area contributed by atoms with Crippen molar-refractivity contribution in [1.29, 1.82) is 0 Å². The van der Waals surface area contributed by atoms with Gasteiger partial charge in [-0.15, -0.1) is 0 Å². The maximum absolute atomic E-state index is 5.58. The van der Waals surface area contributed by atoms with Crippen LogP contribution in [0.25, 0.3) is 11.0 Å². The predicted molar refractivity (Wildman–Crippen MR) is 58.4 cm³/mol. The molecule has 0 fully saturated rings. The van der Waals surface area contributed by atoms with Gasteiger partial charge in [0, 0.05) is 11.9 Å². The van der Waals surface area contributed by atoms with Gasteiger partial charge in [-0.2, -0.15) is 0 Å². The van der Waals surface area contributed by atoms with Gasteiger partial charge in [-0.3, -0.25) is 0 Å². The summed E-state index contributed by atoms with van der Waals surface area (Å²) in [5, 5.41) is 1.17. The molecule has 0 atom stereocenters. The molecule has 0 amide bonds. The lowest BCUT2D eigenvalue weighted by Crippen LogP contribution is -1.97. The van der Waals surface area contributed by atoms with E-state index in [2.05, 4.69) is 17.8 Å². The molecule has 0 saturated heterocycles. The lowest BCUT2D eigenvalue weighted by Gasteiger charge is -1.98. The van der Waals surface area contributed by atoms with Gasteiger partial charge in [0.2, 0.25) is 0 Å². The summed E-state index contributed by atoms with van der Waals surface area (Å²) in [6, 6.07) is 6.11. The third-order valence-electron chi connectivity index (χ3n) is 2.51. The standard InChI is InChI=1S/C11H12ClNO/c1-7-8(2)14-11-4-3-9(6-13-12)5-10(7)11/h3-5,13H,6H2,1-2H3. The average Bonchev–Trinajstić information content (AvgIpc) is 2.45. The molecule has 1 N–H and O–H groups in total. The highest BCUT2D eigenvalue weighted by Crippen LogP contribution is 2.25. The van der Waals surface area contributed by atoms with E-state index in [0.29, 0.717) is 6.54 Å². The maximum atomic E-state index is 5.58. The van der Waals surface area contributed by atoms with Crippen LogP contribution >= 0.6 is 11.8 Å². The molecule has 0 spiro atoms. The summed E-state index contributed by atoms with van der Waals surface area (Å²) in [5.41, 5.74) is 3.31. The number of halogens is 1. The first-order chi connectivity index (χ1) is 6.72. The van der Waals surface area contributed by atoms with E-state index in [-0.39, 0.29) is 0 Å². The molecule has 0 aliphatic rings. The molecule has 0 unspecified atom stereocenters. The molecule has 0 radical (unpaired) electrons. The Morgan fingerprint density at radius 1 is 1.36 bits per heavy atom. The molecule has 0 bridgehead atoms. The van der Waals surface area contributed by atoms with Crippen molar-refractivity contribution in [2.45, 2.75) is 20.4 Å². The molecule has 0 saturated carbocycles. The molecule has 1 aromatic heterocycles. The highest BCUT2D eigenvalue weighted by Gasteiger charge is 2.06. The molecule has 1 heterocycles. The van der Waals surface area contributed by atoms with Gasteiger partial charge in [0.1, 0.15) is 11.3 Å². The van der Waals surface area contributed by atoms with Gasteiger partial charge in [0.05, 0.1) is 0 Å². The van der Waals surface area contributed by atoms with Gasteiger partial charge in [-0.25, -0.2) is 4.84 Å². The van der Waals surface area contributed by atoms with E-state index in [4.69, 9.17) is 16.2 Å². The van der Waals surface area contributed by atoms with Crippen LogP contribution in [0.2, 0.25) is 0 Å². The normalized spacial score (nSPS) is 11.1. The maximum Gasteiger partial charge on any atom is 0.134 e. The highest BCUT2D eigenvalue weighted by molar-refractivity contribution is 6.13. The largest absolute Gasteiger partial charge is 0.461 e. The van der Waals surface area contributed by atoms with Crippen molar-refractivity contribution >= 4 is 22.7 Å². The first-order valence-corrected chi connectivity index (χ1v) is 4.92. The van der Waals surface area contributed by atoms with E-state index in [1.54, 1.807) is 0 Å². The summed E-state index contributed by atoms with van der Waals surface area (Å²) in [4.78, 5) is 2.62. The zero-order valence-corrected chi connectivity index (χ0v) is 8.98. The SMILES string of the molecule is Cc1oc2ccc(CNCl)cc2c1C. The molecule has 74 valence electrons. The third-order valence-corrected chi connectivity index (χ3v) is 2.64. The quantitative estimate of drug-likeness (QED) is 0.768. The van der Waals surface area contributed by atoms with Crippen molar-refractivity contribution in [1.82, 2.24) is 4.84 Å². The minimum atomic E-state index is 0.668. The summed E-state index contributed by atoms with van der Waals surface area (Å²) < 4.78 is 5.58. The Morgan fingerprint density at radius 2 is 2.14 bits per heavy atom. The predicted octanol–water partition coefficient (Wildman–Crippen LogP) is 3.29. The van der Waals surface area contributed by atoms with Crippen molar-refractivity contribution in [3.05, 3.63) is 35.1 Å². The lowest BCUT2D eigenvalue weighted by atomic mass is 10.1. The summed E-state index contributed by atoms with van der Waals surface area (Å²) in [7, 11) is 0. The Kier molecular flexibility index (Phi) is 2.48. The number of fused-ring (bicyclic) bond motifs is 1. The van der Waals surface area contributed by atoms with E-state index in [0.717, 1.165) is 16.9 Å². The zero-order valence-electron chi connectivity index (χ0n) is 8.23. The summed E-state index contributed by atoms with van der Waals surface area (Å²) in [6.45, 7) is 4.72. The van der Waals surface area contributed by atoms with Crippen molar-refractivity contribution < 1.29 is 4.42 Å². The Morgan fingerprint density at radius 3 is 2.86 bits per heavy atom. The second-order valence-corrected chi connectivity index (χ2v) is 3.69. The van der Waals surface area contributed by atoms with E-state index < -0.39 is 0 Å². The van der Waals surface area contributed by atoms with E-state index in [1.165, 1.54) is 10.9 Å². The first kappa shape index (κ1) is 9.56. The molecule has 14 heavy (non-hydrogen) atoms. The van der Waals surface area contributed by atoms with Gasteiger partial charge in [0.15, 0.2) is 0 Å². The number of nitrogens with one attached hydrogen (secondary N) is 1. The van der Waals surface area contributed by atoms with Crippen molar-refractivity contribution in [3.8, 4) is 0 Å². The fraction of sp³-hybridized carbons (Fsp3) is 0.273. The highest BCUT2D eigenvalue weighted by atomic mass is 35.5. The number of hydrogen-bond donors (Lipinski definition) is 1. The first-order valence-electron chi connectivity index (χ1n) is 4.54. The average molecular weight is 210 g/mol. The second kappa shape index (κ2) is 3.64. The molecule has 0 aliphatic heterocycles. The van der Waals surface area contributed by atoms with Crippen LogP contribution in [0, 0.1) is 13.8 Å². The van der Waals surface area contributed by atoms with Crippen molar-refractivity contribution in [3.63, 3.8) is 0 Å². The second-order valence-electron chi connectivity index (χ2n) is 3.42. The molecular formula is C11H12ClNO. The number of rotatable bonds is 2. The zero-order chi connectivity index (χ0) is 10.1. The van der Waals surface area contributed by atoms with Gasteiger partial charge in [0.25, 0.3) is 0 Å². The number of benzene rings is 1. The third kappa shape index (κ3) is 1.51. The van der Waals surface area contributed by atoms with E-state index >= 15 is 0 Å². The van der Waals surface area contributed by atoms with Crippen LogP contribution < -0.4 is 4.84 Å². The minimum Gasteiger partial charge on any atom is -0.461 e. The molecule has 3 heteroatoms. The van der Waals surface area contributed by atoms with Crippen LogP contribution in [-0.4, -0.2) is 0 Å². The Labute approximate surface area is 88.0 Å². The van der Waals surface area contributed by atoms with Crippen molar-refractivity contribution in [2.24, 2.45) is 0 Å². The molecule has 2 nitrogen and oxygen atoms in total. The van der Waals surface area contributed by atoms with Crippen LogP contribution in [0.1, 0.15) is 16.9 Å². The van der Waals surface area contributed by atoms with Crippen LogP contribution in [-0.2, 0) is 6.54 Å². The Balaban J connectivity index is 2.58. The monoisotopic (exact) mass is 209 g/mol. The number of furan rings is 1. The Hall–Kier alpha value is -0.990. The van der Waals surface area contributed by atoms with Gasteiger partial charge >= 0.3 is 0 Å². The lowest BCUT2D eigenvalue weighted by molar-refractivity contribution is 0.575. The number of hydrogen-bond acceptors (Lipinski definition) is 2.